The summed E-state index contributed by atoms with van der Waals surface area (Å²) < 4.78 is 5.35. The Morgan fingerprint density at radius 1 is 1.26 bits per heavy atom. The van der Waals surface area contributed by atoms with Crippen molar-refractivity contribution < 1.29 is 14.6 Å². The van der Waals surface area contributed by atoms with Crippen LogP contribution in [0.2, 0.25) is 10.0 Å². The number of phenolic OH excluding ortho intramolecular Hbond substituents is 1. The molecule has 2 rings (SSSR count). The van der Waals surface area contributed by atoms with Gasteiger partial charge in [0.25, 0.3) is 5.91 Å². The number of halogens is 2. The summed E-state index contributed by atoms with van der Waals surface area (Å²) in [5, 5.41) is 16.2. The van der Waals surface area contributed by atoms with E-state index in [4.69, 9.17) is 40.2 Å². The van der Waals surface area contributed by atoms with Crippen molar-refractivity contribution in [2.45, 2.75) is 26.2 Å². The Bertz CT molecular complexity index is 846. The number of amides is 1. The van der Waals surface area contributed by atoms with Crippen LogP contribution in [0.1, 0.15) is 31.7 Å². The van der Waals surface area contributed by atoms with Gasteiger partial charge in [-0.05, 0) is 60.5 Å². The Balaban J connectivity index is 1.92. The van der Waals surface area contributed by atoms with Gasteiger partial charge in [0.1, 0.15) is 11.5 Å². The number of hydrogen-bond donors (Lipinski definition) is 3. The molecule has 1 amide bonds. The van der Waals surface area contributed by atoms with E-state index in [1.807, 2.05) is 12.1 Å². The van der Waals surface area contributed by atoms with Crippen LogP contribution in [0.3, 0.4) is 0 Å². The quantitative estimate of drug-likeness (QED) is 0.442. The highest BCUT2D eigenvalue weighted by Gasteiger charge is 2.11. The minimum Gasteiger partial charge on any atom is -0.506 e. The molecule has 3 N–H and O–H groups in total. The van der Waals surface area contributed by atoms with Crippen LogP contribution in [0, 0.1) is 0 Å². The van der Waals surface area contributed by atoms with Crippen molar-refractivity contribution in [3.05, 3.63) is 52.0 Å². The van der Waals surface area contributed by atoms with E-state index in [1.54, 1.807) is 18.2 Å². The molecule has 1 atom stereocenters. The fourth-order valence-corrected chi connectivity index (χ4v) is 2.93. The molecular weight excluding hydrogens is 407 g/mol. The Hall–Kier alpha value is -2.02. The number of ether oxygens (including phenoxy) is 1. The molecule has 1 unspecified atom stereocenters. The summed E-state index contributed by atoms with van der Waals surface area (Å²) >= 11 is 16.9. The molecule has 5 nitrogen and oxygen atoms in total. The summed E-state index contributed by atoms with van der Waals surface area (Å²) in [5.41, 5.74) is 1.49. The lowest BCUT2D eigenvalue weighted by molar-refractivity contribution is -0.121. The first-order chi connectivity index (χ1) is 12.8. The highest BCUT2D eigenvalue weighted by atomic mass is 35.5. The molecular formula is C19H20Cl2N2O3S. The molecule has 0 bridgehead atoms. The van der Waals surface area contributed by atoms with Gasteiger partial charge in [-0.3, -0.25) is 10.1 Å². The van der Waals surface area contributed by atoms with E-state index in [0.717, 1.165) is 12.0 Å². The molecule has 2 aromatic rings. The molecule has 0 fully saturated rings. The highest BCUT2D eigenvalue weighted by Crippen LogP contribution is 2.29. The maximum Gasteiger partial charge on any atom is 0.264 e. The zero-order valence-electron chi connectivity index (χ0n) is 14.9. The third kappa shape index (κ3) is 6.27. The van der Waals surface area contributed by atoms with E-state index < -0.39 is 5.91 Å². The van der Waals surface area contributed by atoms with Gasteiger partial charge in [0, 0.05) is 5.02 Å². The van der Waals surface area contributed by atoms with E-state index in [2.05, 4.69) is 24.5 Å². The number of rotatable bonds is 6. The fourth-order valence-electron chi connectivity index (χ4n) is 2.25. The van der Waals surface area contributed by atoms with Crippen molar-refractivity contribution in [2.24, 2.45) is 0 Å². The first-order valence-corrected chi connectivity index (χ1v) is 9.48. The van der Waals surface area contributed by atoms with Crippen molar-refractivity contribution in [2.75, 3.05) is 11.9 Å². The Labute approximate surface area is 173 Å². The van der Waals surface area contributed by atoms with E-state index in [1.165, 1.54) is 6.07 Å². The first-order valence-electron chi connectivity index (χ1n) is 8.31. The summed E-state index contributed by atoms with van der Waals surface area (Å²) in [6.45, 7) is 3.90. The molecule has 0 saturated heterocycles. The van der Waals surface area contributed by atoms with Gasteiger partial charge in [-0.2, -0.15) is 0 Å². The van der Waals surface area contributed by atoms with Crippen LogP contribution in [0.4, 0.5) is 5.69 Å². The predicted molar refractivity (Wildman–Crippen MR) is 113 cm³/mol. The molecule has 0 aliphatic heterocycles. The van der Waals surface area contributed by atoms with Gasteiger partial charge in [0.05, 0.1) is 10.7 Å². The second kappa shape index (κ2) is 9.78. The van der Waals surface area contributed by atoms with Crippen LogP contribution >= 0.6 is 35.4 Å². The van der Waals surface area contributed by atoms with Crippen LogP contribution in [0.15, 0.2) is 36.4 Å². The van der Waals surface area contributed by atoms with Crippen molar-refractivity contribution in [3.8, 4) is 11.5 Å². The Morgan fingerprint density at radius 2 is 2.00 bits per heavy atom. The Kier molecular flexibility index (Phi) is 7.71. The largest absolute Gasteiger partial charge is 0.506 e. The minimum atomic E-state index is -0.462. The second-order valence-electron chi connectivity index (χ2n) is 5.95. The number of hydrogen-bond acceptors (Lipinski definition) is 4. The molecule has 0 aliphatic carbocycles. The number of carbonyl (C=O) groups excluding carboxylic acids is 1. The van der Waals surface area contributed by atoms with E-state index in [9.17, 15) is 9.90 Å². The maximum absolute atomic E-state index is 12.0. The lowest BCUT2D eigenvalue weighted by Crippen LogP contribution is -2.37. The van der Waals surface area contributed by atoms with Crippen LogP contribution in [0.5, 0.6) is 11.5 Å². The van der Waals surface area contributed by atoms with Gasteiger partial charge in [-0.1, -0.05) is 43.1 Å². The predicted octanol–water partition coefficient (Wildman–Crippen LogP) is 5.10. The normalized spacial score (nSPS) is 11.6. The number of carbonyl (C=O) groups is 1. The standard InChI is InChI=1S/C19H20Cl2N2O3S/c1-3-11(2)12-4-6-16(24)15(8-12)22-19(27)23-18(25)10-26-17-7-5-13(20)9-14(17)21/h4-9,11,24H,3,10H2,1-2H3,(H2,22,23,25,27). The average molecular weight is 427 g/mol. The molecule has 2 aromatic carbocycles. The van der Waals surface area contributed by atoms with Crippen LogP contribution < -0.4 is 15.4 Å². The van der Waals surface area contributed by atoms with E-state index in [0.29, 0.717) is 27.4 Å². The molecule has 0 radical (unpaired) electrons. The van der Waals surface area contributed by atoms with Gasteiger partial charge >= 0.3 is 0 Å². The summed E-state index contributed by atoms with van der Waals surface area (Å²) in [6, 6.07) is 9.98. The molecule has 0 spiro atoms. The monoisotopic (exact) mass is 426 g/mol. The Morgan fingerprint density at radius 3 is 2.67 bits per heavy atom. The number of benzene rings is 2. The number of nitrogens with one attached hydrogen (secondary N) is 2. The summed E-state index contributed by atoms with van der Waals surface area (Å²) in [4.78, 5) is 12.0. The lowest BCUT2D eigenvalue weighted by atomic mass is 9.98. The SMILES string of the molecule is CCC(C)c1ccc(O)c(NC(=S)NC(=O)COc2ccc(Cl)cc2Cl)c1. The lowest BCUT2D eigenvalue weighted by Gasteiger charge is -2.15. The average Bonchev–Trinajstić information content (AvgIpc) is 2.62. The molecule has 27 heavy (non-hydrogen) atoms. The number of thiocarbonyl (C=S) groups is 1. The highest BCUT2D eigenvalue weighted by molar-refractivity contribution is 7.80. The topological polar surface area (TPSA) is 70.6 Å². The molecule has 0 aliphatic rings. The zero-order valence-corrected chi connectivity index (χ0v) is 17.2. The van der Waals surface area contributed by atoms with Gasteiger partial charge in [0.15, 0.2) is 11.7 Å². The van der Waals surface area contributed by atoms with Gasteiger partial charge in [-0.25, -0.2) is 0 Å². The van der Waals surface area contributed by atoms with Crippen molar-refractivity contribution in [3.63, 3.8) is 0 Å². The molecule has 8 heteroatoms. The summed E-state index contributed by atoms with van der Waals surface area (Å²) in [6.07, 6.45) is 0.968. The van der Waals surface area contributed by atoms with Gasteiger partial charge in [-0.15, -0.1) is 0 Å². The van der Waals surface area contributed by atoms with Crippen LogP contribution in [0.25, 0.3) is 0 Å². The molecule has 0 heterocycles. The van der Waals surface area contributed by atoms with Crippen molar-refractivity contribution in [1.82, 2.24) is 5.32 Å². The minimum absolute atomic E-state index is 0.0443. The number of anilines is 1. The smallest absolute Gasteiger partial charge is 0.264 e. The first kappa shape index (κ1) is 21.3. The second-order valence-corrected chi connectivity index (χ2v) is 7.20. The molecule has 0 saturated carbocycles. The zero-order chi connectivity index (χ0) is 20.0. The van der Waals surface area contributed by atoms with Crippen LogP contribution in [-0.4, -0.2) is 22.7 Å². The van der Waals surface area contributed by atoms with E-state index >= 15 is 0 Å². The van der Waals surface area contributed by atoms with Crippen molar-refractivity contribution >= 4 is 52.1 Å². The van der Waals surface area contributed by atoms with Crippen molar-refractivity contribution in [1.29, 1.82) is 0 Å². The number of phenols is 1. The number of aromatic hydroxyl groups is 1. The van der Waals surface area contributed by atoms with Gasteiger partial charge < -0.3 is 15.2 Å². The third-order valence-corrected chi connectivity index (χ3v) is 4.69. The summed E-state index contributed by atoms with van der Waals surface area (Å²) in [7, 11) is 0. The third-order valence-electron chi connectivity index (χ3n) is 3.96. The fraction of sp³-hybridized carbons (Fsp3) is 0.263. The van der Waals surface area contributed by atoms with E-state index in [-0.39, 0.29) is 17.5 Å². The molecule has 144 valence electrons. The van der Waals surface area contributed by atoms with Crippen LogP contribution in [-0.2, 0) is 4.79 Å². The van der Waals surface area contributed by atoms with Gasteiger partial charge in [0.2, 0.25) is 0 Å². The summed E-state index contributed by atoms with van der Waals surface area (Å²) in [5.74, 6) is 0.264. The molecule has 0 aromatic heterocycles. The maximum atomic E-state index is 12.0.